The lowest BCUT2D eigenvalue weighted by Gasteiger charge is -2.20. The lowest BCUT2D eigenvalue weighted by molar-refractivity contribution is -0.137. The van der Waals surface area contributed by atoms with Crippen LogP contribution in [-0.2, 0) is 11.8 Å². The number of nitrogens with zero attached hydrogens (tertiary/aromatic N) is 1. The summed E-state index contributed by atoms with van der Waals surface area (Å²) in [5.74, 6) is -0.429. The fraction of sp³-hybridized carbons (Fsp3) is 0.240. The molecule has 0 fully saturated rings. The van der Waals surface area contributed by atoms with Crippen molar-refractivity contribution in [3.05, 3.63) is 70.1 Å². The van der Waals surface area contributed by atoms with E-state index < -0.39 is 35.8 Å². The van der Waals surface area contributed by atoms with Crippen LogP contribution in [0.15, 0.2) is 53.3 Å². The Hall–Kier alpha value is -4.47. The van der Waals surface area contributed by atoms with Crippen molar-refractivity contribution in [1.82, 2.24) is 9.88 Å². The van der Waals surface area contributed by atoms with Crippen molar-refractivity contribution in [3.8, 4) is 28.4 Å². The number of carbonyl (C=O) groups is 2. The predicted molar refractivity (Wildman–Crippen MR) is 130 cm³/mol. The highest BCUT2D eigenvalue weighted by atomic mass is 16.5. The van der Waals surface area contributed by atoms with Crippen LogP contribution >= 0.6 is 0 Å². The van der Waals surface area contributed by atoms with E-state index in [0.717, 1.165) is 11.1 Å². The topological polar surface area (TPSA) is 139 Å². The first kappa shape index (κ1) is 25.2. The molecule has 0 saturated carbocycles. The van der Waals surface area contributed by atoms with Gasteiger partial charge in [0.15, 0.2) is 5.69 Å². The molecular weight excluding hydrogens is 454 g/mol. The zero-order chi connectivity index (χ0) is 25.7. The number of rotatable bonds is 8. The van der Waals surface area contributed by atoms with E-state index in [0.29, 0.717) is 22.8 Å². The highest BCUT2D eigenvalue weighted by Crippen LogP contribution is 2.32. The average Bonchev–Trinajstić information content (AvgIpc) is 2.84. The van der Waals surface area contributed by atoms with Crippen molar-refractivity contribution in [2.24, 2.45) is 7.05 Å². The van der Waals surface area contributed by atoms with E-state index in [4.69, 9.17) is 9.47 Å². The zero-order valence-corrected chi connectivity index (χ0v) is 19.8. The standard InChI is InChI=1S/C25H27N3O7/c1-14-8-21(29)23(24(32)28(14)2)27-25(33)26-20(13-22(30)31)17-9-16(11-19(12-17)35-4)15-6-5-7-18(10-15)34-3/h5-12,20,29H,13H2,1-4H3,(H,30,31)(H2,26,27,33)/t20-/m0/s1. The zero-order valence-electron chi connectivity index (χ0n) is 19.8. The van der Waals surface area contributed by atoms with Crippen molar-refractivity contribution in [3.63, 3.8) is 0 Å². The molecule has 0 bridgehead atoms. The van der Waals surface area contributed by atoms with Crippen molar-refractivity contribution >= 4 is 17.7 Å². The first-order valence-electron chi connectivity index (χ1n) is 10.6. The highest BCUT2D eigenvalue weighted by molar-refractivity contribution is 5.91. The number of hydrogen-bond acceptors (Lipinski definition) is 6. The van der Waals surface area contributed by atoms with Crippen molar-refractivity contribution in [2.75, 3.05) is 19.5 Å². The fourth-order valence-corrected chi connectivity index (χ4v) is 3.57. The molecule has 1 atom stereocenters. The van der Waals surface area contributed by atoms with Gasteiger partial charge in [0.05, 0.1) is 26.7 Å². The molecule has 10 nitrogen and oxygen atoms in total. The summed E-state index contributed by atoms with van der Waals surface area (Å²) in [6.45, 7) is 1.64. The quantitative estimate of drug-likeness (QED) is 0.387. The Labute approximate surface area is 201 Å². The third kappa shape index (κ3) is 5.91. The normalized spacial score (nSPS) is 11.4. The second-order valence-electron chi connectivity index (χ2n) is 7.89. The summed E-state index contributed by atoms with van der Waals surface area (Å²) in [5, 5.41) is 24.5. The number of aromatic nitrogens is 1. The molecule has 3 aromatic rings. The number of hydrogen-bond donors (Lipinski definition) is 4. The molecule has 10 heteroatoms. The van der Waals surface area contributed by atoms with E-state index in [2.05, 4.69) is 10.6 Å². The number of methoxy groups -OCH3 is 2. The molecule has 0 aliphatic heterocycles. The Morgan fingerprint density at radius 2 is 1.71 bits per heavy atom. The van der Waals surface area contributed by atoms with Gasteiger partial charge < -0.3 is 34.9 Å². The number of carboxylic acid groups (broad SMARTS) is 1. The van der Waals surface area contributed by atoms with Gasteiger partial charge in [-0.25, -0.2) is 4.79 Å². The molecule has 184 valence electrons. The van der Waals surface area contributed by atoms with Crippen LogP contribution in [0.2, 0.25) is 0 Å². The highest BCUT2D eigenvalue weighted by Gasteiger charge is 2.22. The maximum atomic E-state index is 12.7. The number of aliphatic carboxylic acids is 1. The van der Waals surface area contributed by atoms with Gasteiger partial charge >= 0.3 is 12.0 Å². The van der Waals surface area contributed by atoms with Crippen molar-refractivity contribution < 1.29 is 29.3 Å². The first-order valence-corrected chi connectivity index (χ1v) is 10.6. The smallest absolute Gasteiger partial charge is 0.319 e. The summed E-state index contributed by atoms with van der Waals surface area (Å²) in [5.41, 5.74) is 1.59. The Balaban J connectivity index is 1.96. The van der Waals surface area contributed by atoms with E-state index >= 15 is 0 Å². The summed E-state index contributed by atoms with van der Waals surface area (Å²) < 4.78 is 12.0. The summed E-state index contributed by atoms with van der Waals surface area (Å²) in [6.07, 6.45) is -0.434. The number of pyridine rings is 1. The molecule has 4 N–H and O–H groups in total. The van der Waals surface area contributed by atoms with E-state index in [9.17, 15) is 24.6 Å². The Morgan fingerprint density at radius 1 is 1.03 bits per heavy atom. The maximum Gasteiger partial charge on any atom is 0.319 e. The third-order valence-corrected chi connectivity index (χ3v) is 5.54. The lowest BCUT2D eigenvalue weighted by Crippen LogP contribution is -2.36. The third-order valence-electron chi connectivity index (χ3n) is 5.54. The molecule has 0 spiro atoms. The minimum atomic E-state index is -1.14. The molecule has 1 heterocycles. The number of nitrogens with one attached hydrogen (secondary N) is 2. The van der Waals surface area contributed by atoms with Gasteiger partial charge in [0.25, 0.3) is 5.56 Å². The van der Waals surface area contributed by atoms with E-state index in [1.807, 2.05) is 18.2 Å². The van der Waals surface area contributed by atoms with Crippen molar-refractivity contribution in [1.29, 1.82) is 0 Å². The summed E-state index contributed by atoms with van der Waals surface area (Å²) in [6, 6.07) is 12.0. The van der Waals surface area contributed by atoms with Gasteiger partial charge in [-0.3, -0.25) is 9.59 Å². The van der Waals surface area contributed by atoms with Crippen molar-refractivity contribution in [2.45, 2.75) is 19.4 Å². The number of carbonyl (C=O) groups excluding carboxylic acids is 1. The second-order valence-corrected chi connectivity index (χ2v) is 7.89. The van der Waals surface area contributed by atoms with Crippen LogP contribution < -0.4 is 25.7 Å². The molecule has 3 rings (SSSR count). The van der Waals surface area contributed by atoms with Crippen LogP contribution in [0.4, 0.5) is 10.5 Å². The van der Waals surface area contributed by atoms with Gasteiger partial charge in [0.2, 0.25) is 0 Å². The Morgan fingerprint density at radius 3 is 2.37 bits per heavy atom. The molecule has 2 aromatic carbocycles. The van der Waals surface area contributed by atoms with Crippen LogP contribution in [0.5, 0.6) is 17.2 Å². The van der Waals surface area contributed by atoms with Gasteiger partial charge in [-0.05, 0) is 53.9 Å². The van der Waals surface area contributed by atoms with Crippen LogP contribution in [0, 0.1) is 6.92 Å². The van der Waals surface area contributed by atoms with Gasteiger partial charge in [-0.15, -0.1) is 0 Å². The van der Waals surface area contributed by atoms with Crippen LogP contribution in [0.1, 0.15) is 23.7 Å². The monoisotopic (exact) mass is 481 g/mol. The number of benzene rings is 2. The van der Waals surface area contributed by atoms with Gasteiger partial charge in [0.1, 0.15) is 17.2 Å². The molecular formula is C25H27N3O7. The predicted octanol–water partition coefficient (Wildman–Crippen LogP) is 3.42. The van der Waals surface area contributed by atoms with E-state index in [-0.39, 0.29) is 5.69 Å². The molecule has 0 radical (unpaired) electrons. The van der Waals surface area contributed by atoms with Gasteiger partial charge in [0, 0.05) is 18.8 Å². The molecule has 35 heavy (non-hydrogen) atoms. The second kappa shape index (κ2) is 10.6. The number of anilines is 1. The van der Waals surface area contributed by atoms with Gasteiger partial charge in [-0.2, -0.15) is 0 Å². The summed E-state index contributed by atoms with van der Waals surface area (Å²) in [7, 11) is 4.54. The number of amides is 2. The summed E-state index contributed by atoms with van der Waals surface area (Å²) >= 11 is 0. The molecule has 0 aliphatic rings. The Bertz CT molecular complexity index is 1320. The molecule has 0 saturated heterocycles. The molecule has 0 aliphatic carbocycles. The molecule has 0 unspecified atom stereocenters. The number of carboxylic acids is 1. The minimum Gasteiger partial charge on any atom is -0.505 e. The van der Waals surface area contributed by atoms with Gasteiger partial charge in [-0.1, -0.05) is 12.1 Å². The Kier molecular flexibility index (Phi) is 7.65. The fourth-order valence-electron chi connectivity index (χ4n) is 3.57. The minimum absolute atomic E-state index is 0.313. The lowest BCUT2D eigenvalue weighted by atomic mass is 9.97. The maximum absolute atomic E-state index is 12.7. The molecule has 2 amide bonds. The van der Waals surface area contributed by atoms with E-state index in [1.54, 1.807) is 38.3 Å². The van der Waals surface area contributed by atoms with Crippen LogP contribution in [0.25, 0.3) is 11.1 Å². The first-order chi connectivity index (χ1) is 16.6. The number of ether oxygens (including phenoxy) is 2. The summed E-state index contributed by atoms with van der Waals surface area (Å²) in [4.78, 5) is 36.8. The largest absolute Gasteiger partial charge is 0.505 e. The number of urea groups is 1. The molecule has 1 aromatic heterocycles. The SMILES string of the molecule is COc1cccc(-c2cc(OC)cc([C@H](CC(=O)O)NC(=O)Nc3c(O)cc(C)n(C)c3=O)c2)c1. The number of aromatic hydroxyl groups is 1. The number of aryl methyl sites for hydroxylation is 1. The van der Waals surface area contributed by atoms with Crippen LogP contribution in [0.3, 0.4) is 0 Å². The van der Waals surface area contributed by atoms with E-state index in [1.165, 1.54) is 24.8 Å². The average molecular weight is 482 g/mol. The van der Waals surface area contributed by atoms with Crippen LogP contribution in [-0.4, -0.2) is 41.0 Å².